The van der Waals surface area contributed by atoms with Crippen LogP contribution < -0.4 is 0 Å². The molecule has 0 saturated carbocycles. The number of methoxy groups -OCH3 is 2. The van der Waals surface area contributed by atoms with Crippen LogP contribution in [-0.2, 0) is 38.0 Å². The minimum atomic E-state index is -4.38. The Labute approximate surface area is 213 Å². The van der Waals surface area contributed by atoms with Crippen molar-refractivity contribution in [2.24, 2.45) is 0 Å². The Balaban J connectivity index is 1.29. The van der Waals surface area contributed by atoms with Crippen LogP contribution in [0.3, 0.4) is 0 Å². The van der Waals surface area contributed by atoms with Crippen molar-refractivity contribution in [2.45, 2.75) is 63.1 Å². The Hall–Kier alpha value is -2.85. The van der Waals surface area contributed by atoms with Crippen LogP contribution in [-0.4, -0.2) is 54.9 Å². The summed E-state index contributed by atoms with van der Waals surface area (Å²) in [6.45, 7) is 1.98. The van der Waals surface area contributed by atoms with E-state index in [0.29, 0.717) is 23.5 Å². The van der Waals surface area contributed by atoms with Crippen molar-refractivity contribution in [3.05, 3.63) is 71.4 Å². The number of hydrogen-bond donors (Lipinski definition) is 0. The highest BCUT2D eigenvalue weighted by Gasteiger charge is 2.39. The molecule has 0 radical (unpaired) electrons. The molecule has 37 heavy (non-hydrogen) atoms. The molecule has 2 aliphatic rings. The largest absolute Gasteiger partial charge is 0.416 e. The van der Waals surface area contributed by atoms with Crippen LogP contribution >= 0.6 is 0 Å². The second-order valence-electron chi connectivity index (χ2n) is 9.48. The second kappa shape index (κ2) is 10.5. The Morgan fingerprint density at radius 2 is 1.59 bits per heavy atom. The van der Waals surface area contributed by atoms with Gasteiger partial charge in [-0.15, -0.1) is 0 Å². The molecule has 3 aromatic rings. The molecular formula is C28H29F3N2O4. The van der Waals surface area contributed by atoms with Gasteiger partial charge in [-0.05, 0) is 55.2 Å². The van der Waals surface area contributed by atoms with Crippen LogP contribution in [0.1, 0.15) is 30.0 Å². The van der Waals surface area contributed by atoms with Crippen molar-refractivity contribution in [3.63, 3.8) is 0 Å². The number of benzene rings is 2. The number of halogens is 3. The number of fused-ring (bicyclic) bond motifs is 1. The molecule has 0 amide bonds. The summed E-state index contributed by atoms with van der Waals surface area (Å²) in [5.74, 6) is 0.372. The summed E-state index contributed by atoms with van der Waals surface area (Å²) in [5, 5.41) is 0. The summed E-state index contributed by atoms with van der Waals surface area (Å²) in [6.07, 6.45) is -1.37. The van der Waals surface area contributed by atoms with Gasteiger partial charge in [0.15, 0.2) is 12.1 Å². The molecule has 1 unspecified atom stereocenters. The van der Waals surface area contributed by atoms with Crippen molar-refractivity contribution in [2.75, 3.05) is 14.2 Å². The highest BCUT2D eigenvalue weighted by atomic mass is 19.4. The summed E-state index contributed by atoms with van der Waals surface area (Å²) in [7, 11) is 3.33. The fraction of sp³-hybridized carbons (Fsp3) is 0.429. The molecule has 1 aliphatic carbocycles. The van der Waals surface area contributed by atoms with E-state index in [4.69, 9.17) is 18.9 Å². The molecule has 2 heterocycles. The minimum Gasteiger partial charge on any atom is -0.379 e. The first-order valence-electron chi connectivity index (χ1n) is 12.2. The highest BCUT2D eigenvalue weighted by Crippen LogP contribution is 2.33. The van der Waals surface area contributed by atoms with Crippen molar-refractivity contribution >= 4 is 0 Å². The van der Waals surface area contributed by atoms with E-state index in [1.54, 1.807) is 26.5 Å². The molecule has 5 rings (SSSR count). The zero-order valence-corrected chi connectivity index (χ0v) is 20.9. The van der Waals surface area contributed by atoms with E-state index >= 15 is 0 Å². The Morgan fingerprint density at radius 1 is 0.892 bits per heavy atom. The van der Waals surface area contributed by atoms with E-state index < -0.39 is 18.0 Å². The van der Waals surface area contributed by atoms with Gasteiger partial charge in [0.25, 0.3) is 0 Å². The molecular weight excluding hydrogens is 485 g/mol. The van der Waals surface area contributed by atoms with Gasteiger partial charge in [0.2, 0.25) is 0 Å². The summed E-state index contributed by atoms with van der Waals surface area (Å²) >= 11 is 0. The van der Waals surface area contributed by atoms with Gasteiger partial charge in [-0.2, -0.15) is 13.2 Å². The van der Waals surface area contributed by atoms with Crippen LogP contribution in [0.4, 0.5) is 13.2 Å². The summed E-state index contributed by atoms with van der Waals surface area (Å²) < 4.78 is 62.2. The lowest BCUT2D eigenvalue weighted by Crippen LogP contribution is -2.49. The summed E-state index contributed by atoms with van der Waals surface area (Å²) in [4.78, 5) is 8.88. The van der Waals surface area contributed by atoms with E-state index in [1.807, 2.05) is 13.0 Å². The molecule has 9 heteroatoms. The molecule has 0 bridgehead atoms. The van der Waals surface area contributed by atoms with Gasteiger partial charge in [-0.3, -0.25) is 0 Å². The molecule has 6 nitrogen and oxygen atoms in total. The lowest BCUT2D eigenvalue weighted by atomic mass is 10.0. The molecule has 1 fully saturated rings. The van der Waals surface area contributed by atoms with E-state index in [0.717, 1.165) is 30.5 Å². The predicted molar refractivity (Wildman–Crippen MR) is 131 cm³/mol. The molecule has 196 valence electrons. The molecule has 1 aliphatic heterocycles. The zero-order chi connectivity index (χ0) is 26.2. The molecule has 0 spiro atoms. The standard InChI is InChI=1S/C28H29F3N2O4/c1-16-24(34-2)15-25(35-3)27(36-16)37-22-13-18-4-5-19(12-20(18)14-22)23-10-11-32-26(33-23)17-6-8-21(9-7-17)28(29,30)31/h4-12,16,22,24-25,27H,13-15H2,1-3H3/t16-,22?,24+,25+,27-/m0/s1. The number of ether oxygens (including phenoxy) is 4. The normalized spacial score (nSPS) is 25.7. The van der Waals surface area contributed by atoms with Gasteiger partial charge >= 0.3 is 6.18 Å². The number of hydrogen-bond acceptors (Lipinski definition) is 6. The van der Waals surface area contributed by atoms with Gasteiger partial charge in [0.05, 0.1) is 29.6 Å². The molecule has 5 atom stereocenters. The predicted octanol–water partition coefficient (Wildman–Crippen LogP) is 5.48. The zero-order valence-electron chi connectivity index (χ0n) is 20.9. The summed E-state index contributed by atoms with van der Waals surface area (Å²) in [6, 6.07) is 12.8. The SMILES string of the molecule is CO[C@@H]1C[C@@H](OC)[C@H](C)O[C@H]1OC1Cc2ccc(-c3ccnc(-c4ccc(C(F)(F)F)cc4)n3)cc2C1. The lowest BCUT2D eigenvalue weighted by molar-refractivity contribution is -0.281. The maximum atomic E-state index is 12.9. The van der Waals surface area contributed by atoms with Crippen LogP contribution in [0.2, 0.25) is 0 Å². The summed E-state index contributed by atoms with van der Waals surface area (Å²) in [5.41, 5.74) is 3.81. The van der Waals surface area contributed by atoms with Crippen molar-refractivity contribution < 1.29 is 32.1 Å². The molecule has 0 N–H and O–H groups in total. The fourth-order valence-corrected chi connectivity index (χ4v) is 5.02. The minimum absolute atomic E-state index is 0.0338. The fourth-order valence-electron chi connectivity index (χ4n) is 5.02. The molecule has 1 aromatic heterocycles. The average molecular weight is 515 g/mol. The van der Waals surface area contributed by atoms with Gasteiger partial charge in [-0.25, -0.2) is 9.97 Å². The second-order valence-corrected chi connectivity index (χ2v) is 9.48. The van der Waals surface area contributed by atoms with E-state index in [9.17, 15) is 13.2 Å². The first-order valence-corrected chi connectivity index (χ1v) is 12.2. The third-order valence-corrected chi connectivity index (χ3v) is 7.10. The number of aromatic nitrogens is 2. The van der Waals surface area contributed by atoms with Crippen LogP contribution in [0.25, 0.3) is 22.6 Å². The lowest BCUT2D eigenvalue weighted by Gasteiger charge is -2.39. The van der Waals surface area contributed by atoms with Gasteiger partial charge in [0.1, 0.15) is 6.10 Å². The maximum absolute atomic E-state index is 12.9. The smallest absolute Gasteiger partial charge is 0.379 e. The maximum Gasteiger partial charge on any atom is 0.416 e. The van der Waals surface area contributed by atoms with Crippen LogP contribution in [0.5, 0.6) is 0 Å². The topological polar surface area (TPSA) is 62.7 Å². The van der Waals surface area contributed by atoms with E-state index in [1.165, 1.54) is 23.3 Å². The van der Waals surface area contributed by atoms with E-state index in [-0.39, 0.29) is 24.4 Å². The molecule has 2 aromatic carbocycles. The quantitative estimate of drug-likeness (QED) is 0.434. The van der Waals surface area contributed by atoms with Gasteiger partial charge in [-0.1, -0.05) is 24.3 Å². The van der Waals surface area contributed by atoms with Crippen LogP contribution in [0, 0.1) is 0 Å². The van der Waals surface area contributed by atoms with Crippen molar-refractivity contribution in [1.29, 1.82) is 0 Å². The number of alkyl halides is 3. The average Bonchev–Trinajstić information content (AvgIpc) is 3.30. The van der Waals surface area contributed by atoms with Crippen molar-refractivity contribution in [1.82, 2.24) is 9.97 Å². The number of nitrogens with zero attached hydrogens (tertiary/aromatic N) is 2. The van der Waals surface area contributed by atoms with Gasteiger partial charge in [0, 0.05) is 38.0 Å². The third-order valence-electron chi connectivity index (χ3n) is 7.10. The first kappa shape index (κ1) is 25.8. The Kier molecular flexibility index (Phi) is 7.31. The monoisotopic (exact) mass is 514 g/mol. The van der Waals surface area contributed by atoms with Gasteiger partial charge < -0.3 is 18.9 Å². The van der Waals surface area contributed by atoms with Crippen molar-refractivity contribution in [3.8, 4) is 22.6 Å². The number of rotatable bonds is 6. The Bertz CT molecular complexity index is 1230. The Morgan fingerprint density at radius 3 is 2.30 bits per heavy atom. The van der Waals surface area contributed by atoms with Crippen LogP contribution in [0.15, 0.2) is 54.7 Å². The highest BCUT2D eigenvalue weighted by molar-refractivity contribution is 5.65. The third kappa shape index (κ3) is 5.55. The van der Waals surface area contributed by atoms with E-state index in [2.05, 4.69) is 22.1 Å². The molecule has 1 saturated heterocycles. The first-order chi connectivity index (χ1) is 17.7.